The van der Waals surface area contributed by atoms with Crippen molar-refractivity contribution in [1.82, 2.24) is 0 Å². The predicted molar refractivity (Wildman–Crippen MR) is 95.2 cm³/mol. The van der Waals surface area contributed by atoms with E-state index in [1.165, 1.54) is 0 Å². The number of halogens is 7. The number of allylic oxidation sites excluding steroid dienone is 2. The molecule has 1 saturated carbocycles. The quantitative estimate of drug-likeness (QED) is 0.306. The van der Waals surface area contributed by atoms with Crippen molar-refractivity contribution >= 4 is 0 Å². The lowest BCUT2D eigenvalue weighted by Gasteiger charge is -2.30. The summed E-state index contributed by atoms with van der Waals surface area (Å²) in [5.74, 6) is -3.40. The third kappa shape index (κ3) is 7.32. The van der Waals surface area contributed by atoms with E-state index in [0.29, 0.717) is 30.9 Å². The van der Waals surface area contributed by atoms with Gasteiger partial charge in [-0.1, -0.05) is 25.0 Å². The Morgan fingerprint density at radius 3 is 2.03 bits per heavy atom. The summed E-state index contributed by atoms with van der Waals surface area (Å²) >= 11 is 0. The second kappa shape index (κ2) is 9.96. The van der Waals surface area contributed by atoms with Crippen molar-refractivity contribution in [2.45, 2.75) is 70.8 Å². The first-order valence-electron chi connectivity index (χ1n) is 9.70. The lowest BCUT2D eigenvalue weighted by atomic mass is 9.78. The van der Waals surface area contributed by atoms with Gasteiger partial charge in [0.2, 0.25) is 0 Å². The van der Waals surface area contributed by atoms with E-state index >= 15 is 0 Å². The Labute approximate surface area is 165 Å². The Bertz CT molecular complexity index is 666. The fraction of sp³-hybridized carbons (Fsp3) is 0.619. The van der Waals surface area contributed by atoms with Crippen molar-refractivity contribution in [2.75, 3.05) is 0 Å². The van der Waals surface area contributed by atoms with Crippen molar-refractivity contribution in [2.24, 2.45) is 11.8 Å². The predicted octanol–water partition coefficient (Wildman–Crippen LogP) is 7.65. The highest BCUT2D eigenvalue weighted by Gasteiger charge is 2.39. The summed E-state index contributed by atoms with van der Waals surface area (Å²) in [5.41, 5.74) is -2.46. The van der Waals surface area contributed by atoms with Crippen LogP contribution in [0.2, 0.25) is 0 Å². The first kappa shape index (κ1) is 23.7. The Morgan fingerprint density at radius 1 is 0.966 bits per heavy atom. The van der Waals surface area contributed by atoms with Crippen LogP contribution in [0.25, 0.3) is 0 Å². The molecule has 164 valence electrons. The number of alkyl halides is 5. The summed E-state index contributed by atoms with van der Waals surface area (Å²) in [6.45, 7) is 1.07. The van der Waals surface area contributed by atoms with Crippen molar-refractivity contribution in [3.8, 4) is 0 Å². The van der Waals surface area contributed by atoms with Gasteiger partial charge in [0, 0.05) is 6.42 Å². The third-order valence-electron chi connectivity index (χ3n) is 5.31. The molecule has 0 radical (unpaired) electrons. The lowest BCUT2D eigenvalue weighted by molar-refractivity contribution is -0.256. The van der Waals surface area contributed by atoms with E-state index in [1.54, 1.807) is 0 Å². The minimum absolute atomic E-state index is 0.218. The summed E-state index contributed by atoms with van der Waals surface area (Å²) in [6.07, 6.45) is -0.103. The SMILES string of the molecule is C/C=C/CCC1CCC(CC(F)(F)OCc2cc(F)c(C(F)(F)F)c(F)c2)CC1. The van der Waals surface area contributed by atoms with Crippen molar-refractivity contribution in [1.29, 1.82) is 0 Å². The Hall–Kier alpha value is -1.57. The Morgan fingerprint density at radius 2 is 1.52 bits per heavy atom. The molecule has 0 heterocycles. The van der Waals surface area contributed by atoms with Gasteiger partial charge in [0.25, 0.3) is 0 Å². The molecule has 1 aliphatic rings. The number of hydrogen-bond acceptors (Lipinski definition) is 1. The van der Waals surface area contributed by atoms with E-state index in [-0.39, 0.29) is 5.92 Å². The van der Waals surface area contributed by atoms with Crippen molar-refractivity contribution < 1.29 is 35.5 Å². The molecule has 0 aromatic heterocycles. The van der Waals surface area contributed by atoms with Gasteiger partial charge in [0.15, 0.2) is 0 Å². The van der Waals surface area contributed by atoms with E-state index in [4.69, 9.17) is 0 Å². The average molecular weight is 426 g/mol. The van der Waals surface area contributed by atoms with Crippen molar-refractivity contribution in [3.63, 3.8) is 0 Å². The van der Waals surface area contributed by atoms with Gasteiger partial charge in [0.1, 0.15) is 17.2 Å². The minimum atomic E-state index is -5.21. The van der Waals surface area contributed by atoms with Gasteiger partial charge in [-0.2, -0.15) is 22.0 Å². The summed E-state index contributed by atoms with van der Waals surface area (Å²) in [7, 11) is 0. The van der Waals surface area contributed by atoms with Gasteiger partial charge in [-0.3, -0.25) is 0 Å². The maximum absolute atomic E-state index is 14.1. The van der Waals surface area contributed by atoms with E-state index < -0.39 is 48.1 Å². The molecule has 0 aliphatic heterocycles. The summed E-state index contributed by atoms with van der Waals surface area (Å²) < 4.78 is 97.5. The molecule has 0 bridgehead atoms. The summed E-state index contributed by atoms with van der Waals surface area (Å²) in [5, 5.41) is 0. The molecule has 0 amide bonds. The van der Waals surface area contributed by atoms with Crippen molar-refractivity contribution in [3.05, 3.63) is 47.0 Å². The van der Waals surface area contributed by atoms with Crippen LogP contribution in [0.3, 0.4) is 0 Å². The normalized spacial score (nSPS) is 21.1. The molecule has 29 heavy (non-hydrogen) atoms. The highest BCUT2D eigenvalue weighted by molar-refractivity contribution is 5.28. The highest BCUT2D eigenvalue weighted by atomic mass is 19.4. The van der Waals surface area contributed by atoms with Crippen LogP contribution < -0.4 is 0 Å². The number of hydrogen-bond donors (Lipinski definition) is 0. The number of benzene rings is 1. The van der Waals surface area contributed by atoms with E-state index in [0.717, 1.165) is 25.7 Å². The molecule has 0 unspecified atom stereocenters. The molecular weight excluding hydrogens is 401 g/mol. The monoisotopic (exact) mass is 426 g/mol. The molecule has 0 N–H and O–H groups in total. The fourth-order valence-electron chi connectivity index (χ4n) is 3.79. The second-order valence-corrected chi connectivity index (χ2v) is 7.60. The molecule has 0 spiro atoms. The van der Waals surface area contributed by atoms with Crippen LogP contribution >= 0.6 is 0 Å². The highest BCUT2D eigenvalue weighted by Crippen LogP contribution is 2.38. The minimum Gasteiger partial charge on any atom is -0.316 e. The zero-order chi connectivity index (χ0) is 21.7. The van der Waals surface area contributed by atoms with Gasteiger partial charge in [-0.15, -0.1) is 0 Å². The molecule has 1 aromatic carbocycles. The standard InChI is InChI=1S/C21H25F7O/c1-2-3-4-5-14-6-8-15(9-7-14)12-20(24,25)29-13-16-10-17(22)19(18(23)11-16)21(26,27)28/h2-3,10-11,14-15H,4-9,12-13H2,1H3/b3-2+. The third-order valence-corrected chi connectivity index (χ3v) is 5.31. The Balaban J connectivity index is 1.86. The first-order valence-corrected chi connectivity index (χ1v) is 9.70. The van der Waals surface area contributed by atoms with Crippen LogP contribution in [0.5, 0.6) is 0 Å². The lowest BCUT2D eigenvalue weighted by Crippen LogP contribution is -2.27. The smallest absolute Gasteiger partial charge is 0.316 e. The average Bonchev–Trinajstić information content (AvgIpc) is 2.60. The van der Waals surface area contributed by atoms with Gasteiger partial charge in [0.05, 0.1) is 6.61 Å². The van der Waals surface area contributed by atoms with Crippen LogP contribution in [0.15, 0.2) is 24.3 Å². The fourth-order valence-corrected chi connectivity index (χ4v) is 3.79. The second-order valence-electron chi connectivity index (χ2n) is 7.60. The molecular formula is C21H25F7O. The molecule has 2 rings (SSSR count). The first-order chi connectivity index (χ1) is 13.5. The van der Waals surface area contributed by atoms with E-state index in [2.05, 4.69) is 10.8 Å². The zero-order valence-corrected chi connectivity index (χ0v) is 16.2. The molecule has 0 atom stereocenters. The van der Waals surface area contributed by atoms with Crippen LogP contribution in [0.4, 0.5) is 30.7 Å². The topological polar surface area (TPSA) is 9.23 Å². The summed E-state index contributed by atoms with van der Waals surface area (Å²) in [6, 6.07) is 0.746. The van der Waals surface area contributed by atoms with E-state index in [9.17, 15) is 30.7 Å². The molecule has 1 fully saturated rings. The number of rotatable bonds is 8. The van der Waals surface area contributed by atoms with Crippen LogP contribution in [-0.4, -0.2) is 6.11 Å². The largest absolute Gasteiger partial charge is 0.422 e. The molecule has 0 saturated heterocycles. The van der Waals surface area contributed by atoms with Crippen LogP contribution in [-0.2, 0) is 17.5 Å². The zero-order valence-electron chi connectivity index (χ0n) is 16.2. The maximum Gasteiger partial charge on any atom is 0.422 e. The molecule has 1 aromatic rings. The number of ether oxygens (including phenoxy) is 1. The van der Waals surface area contributed by atoms with Gasteiger partial charge in [-0.05, 0) is 62.1 Å². The van der Waals surface area contributed by atoms with Crippen LogP contribution in [0.1, 0.15) is 63.0 Å². The van der Waals surface area contributed by atoms with Crippen LogP contribution in [0, 0.1) is 23.5 Å². The molecule has 8 heteroatoms. The maximum atomic E-state index is 14.1. The van der Waals surface area contributed by atoms with Gasteiger partial charge < -0.3 is 4.74 Å². The summed E-state index contributed by atoms with van der Waals surface area (Å²) in [4.78, 5) is 0. The Kier molecular flexibility index (Phi) is 8.14. The van der Waals surface area contributed by atoms with Gasteiger partial charge >= 0.3 is 12.3 Å². The van der Waals surface area contributed by atoms with E-state index in [1.807, 2.05) is 13.0 Å². The molecule has 1 aliphatic carbocycles. The molecule has 1 nitrogen and oxygen atoms in total. The van der Waals surface area contributed by atoms with Gasteiger partial charge in [-0.25, -0.2) is 8.78 Å².